The minimum atomic E-state index is -0.445. The number of anilines is 2. The number of ether oxygens (including phenoxy) is 2. The second-order valence-electron chi connectivity index (χ2n) is 13.2. The monoisotopic (exact) mass is 767 g/mol. The Balaban J connectivity index is 1.04. The molecule has 2 N–H and O–H groups in total. The molecule has 4 aromatic carbocycles. The minimum Gasteiger partial charge on any atom is -0.497 e. The molecule has 2 saturated carbocycles. The number of methoxy groups -OCH3 is 1. The number of nitrogens with zero attached hydrogens (tertiary/aromatic N) is 1. The zero-order valence-electron chi connectivity index (χ0n) is 26.6. The van der Waals surface area contributed by atoms with E-state index in [1.54, 1.807) is 43.1 Å². The Hall–Kier alpha value is -4.39. The van der Waals surface area contributed by atoms with Gasteiger partial charge in [-0.3, -0.25) is 24.1 Å². The normalized spacial score (nSPS) is 26.1. The number of hydrogen-bond donors (Lipinski definition) is 2. The van der Waals surface area contributed by atoms with Crippen LogP contribution in [0.4, 0.5) is 11.4 Å². The highest BCUT2D eigenvalue weighted by Crippen LogP contribution is 2.69. The van der Waals surface area contributed by atoms with E-state index in [0.29, 0.717) is 22.9 Å². The van der Waals surface area contributed by atoms with Crippen LogP contribution in [0.5, 0.6) is 11.5 Å². The average Bonchev–Trinajstić information content (AvgIpc) is 3.86. The molecule has 2 aliphatic carbocycles. The first-order valence-corrected chi connectivity index (χ1v) is 18.9. The van der Waals surface area contributed by atoms with Crippen LogP contribution in [0.2, 0.25) is 0 Å². The third kappa shape index (κ3) is 4.94. The lowest BCUT2D eigenvalue weighted by Gasteiger charge is -2.43. The zero-order valence-corrected chi connectivity index (χ0v) is 29.8. The number of carbonyl (C=O) groups excluding carboxylic acids is 3. The fourth-order valence-corrected chi connectivity index (χ4v) is 12.2. The molecule has 9 rings (SSSR count). The number of aromatic amines is 1. The van der Waals surface area contributed by atoms with Crippen molar-refractivity contribution in [3.05, 3.63) is 110 Å². The Morgan fingerprint density at radius 2 is 1.72 bits per heavy atom. The average molecular weight is 769 g/mol. The zero-order chi connectivity index (χ0) is 34.3. The first-order chi connectivity index (χ1) is 24.3. The number of halogens is 1. The summed E-state index contributed by atoms with van der Waals surface area (Å²) in [5, 5.41) is 5.78. The first kappa shape index (κ1) is 31.6. The molecule has 0 spiro atoms. The summed E-state index contributed by atoms with van der Waals surface area (Å²) in [6.07, 6.45) is 0.763. The Morgan fingerprint density at radius 3 is 2.52 bits per heavy atom. The van der Waals surface area contributed by atoms with E-state index < -0.39 is 11.8 Å². The summed E-state index contributed by atoms with van der Waals surface area (Å²) in [6.45, 7) is -0.218. The number of imide groups is 1. The van der Waals surface area contributed by atoms with Crippen LogP contribution < -0.4 is 24.6 Å². The smallest absolute Gasteiger partial charge is 0.305 e. The lowest BCUT2D eigenvalue weighted by atomic mass is 9.68. The van der Waals surface area contributed by atoms with Crippen LogP contribution in [0, 0.1) is 29.6 Å². The first-order valence-electron chi connectivity index (χ1n) is 16.4. The van der Waals surface area contributed by atoms with Crippen molar-refractivity contribution in [2.24, 2.45) is 29.6 Å². The van der Waals surface area contributed by atoms with E-state index in [2.05, 4.69) is 26.2 Å². The van der Waals surface area contributed by atoms with Gasteiger partial charge in [-0.25, -0.2) is 0 Å². The van der Waals surface area contributed by atoms with Crippen LogP contribution in [0.3, 0.4) is 0 Å². The number of rotatable bonds is 7. The molecule has 50 heavy (non-hydrogen) atoms. The topological polar surface area (TPSA) is 118 Å². The van der Waals surface area contributed by atoms with Crippen molar-refractivity contribution < 1.29 is 23.9 Å². The predicted molar refractivity (Wildman–Crippen MR) is 196 cm³/mol. The number of hydrogen-bond acceptors (Lipinski definition) is 8. The number of aromatic nitrogens is 1. The Morgan fingerprint density at radius 1 is 0.960 bits per heavy atom. The van der Waals surface area contributed by atoms with Crippen LogP contribution in [0.25, 0.3) is 10.8 Å². The van der Waals surface area contributed by atoms with Crippen LogP contribution in [-0.4, -0.2) is 41.7 Å². The Labute approximate surface area is 303 Å². The fourth-order valence-electron chi connectivity index (χ4n) is 8.91. The molecule has 2 bridgehead atoms. The quantitative estimate of drug-likeness (QED) is 0.171. The van der Waals surface area contributed by atoms with Crippen molar-refractivity contribution in [3.63, 3.8) is 0 Å². The minimum absolute atomic E-state index is 0.0121. The van der Waals surface area contributed by atoms with Gasteiger partial charge in [0.15, 0.2) is 6.61 Å². The molecule has 252 valence electrons. The molecule has 12 heteroatoms. The summed E-state index contributed by atoms with van der Waals surface area (Å²) >= 11 is 6.47. The highest BCUT2D eigenvalue weighted by atomic mass is 79.9. The van der Waals surface area contributed by atoms with Gasteiger partial charge in [-0.2, -0.15) is 0 Å². The maximum atomic E-state index is 14.2. The van der Waals surface area contributed by atoms with Crippen molar-refractivity contribution in [1.29, 1.82) is 0 Å². The molecule has 5 aromatic rings. The van der Waals surface area contributed by atoms with Gasteiger partial charge in [0.05, 0.1) is 29.7 Å². The third-order valence-corrected chi connectivity index (χ3v) is 13.9. The predicted octanol–water partition coefficient (Wildman–Crippen LogP) is 7.06. The SMILES string of the molecule is COc1ccc(N2C(=O)[C@H]3[C@H]4C[C@@H]([C@@H]3C2=O)[C@@H]2[C@H](c3cc(Br)ccc3OCC(=O)Nc3cccc5ccccc35)c3sc(=O)[nH]c3S[C@H]42)cc1. The van der Waals surface area contributed by atoms with Crippen molar-refractivity contribution in [1.82, 2.24) is 4.98 Å². The Kier molecular flexibility index (Phi) is 7.67. The van der Waals surface area contributed by atoms with Gasteiger partial charge in [0.25, 0.3) is 5.91 Å². The van der Waals surface area contributed by atoms with Gasteiger partial charge in [0.2, 0.25) is 11.8 Å². The highest BCUT2D eigenvalue weighted by Gasteiger charge is 2.70. The van der Waals surface area contributed by atoms with E-state index in [9.17, 15) is 19.2 Å². The lowest BCUT2D eigenvalue weighted by molar-refractivity contribution is -0.123. The molecule has 0 unspecified atom stereocenters. The number of thiazole rings is 1. The third-order valence-electron chi connectivity index (χ3n) is 10.8. The molecule has 2 aliphatic heterocycles. The number of H-pyrrole nitrogens is 1. The number of amides is 3. The van der Waals surface area contributed by atoms with Crippen molar-refractivity contribution in [3.8, 4) is 11.5 Å². The molecule has 1 saturated heterocycles. The van der Waals surface area contributed by atoms with Crippen LogP contribution in [0.15, 0.2) is 99.2 Å². The number of carbonyl (C=O) groups is 3. The van der Waals surface area contributed by atoms with Crippen LogP contribution in [0.1, 0.15) is 22.8 Å². The molecular weight excluding hydrogens is 738 g/mol. The lowest BCUT2D eigenvalue weighted by Crippen LogP contribution is -2.42. The van der Waals surface area contributed by atoms with Crippen LogP contribution >= 0.6 is 39.0 Å². The molecular formula is C38H30BrN3O6S2. The van der Waals surface area contributed by atoms with Gasteiger partial charge < -0.3 is 19.8 Å². The van der Waals surface area contributed by atoms with Gasteiger partial charge >= 0.3 is 4.87 Å². The number of nitrogens with one attached hydrogen (secondary N) is 2. The van der Waals surface area contributed by atoms with Crippen molar-refractivity contribution in [2.75, 3.05) is 23.9 Å². The summed E-state index contributed by atoms with van der Waals surface area (Å²) < 4.78 is 12.4. The number of thioether (sulfide) groups is 1. The molecule has 9 nitrogen and oxygen atoms in total. The van der Waals surface area contributed by atoms with Crippen molar-refractivity contribution >= 4 is 78.9 Å². The molecule has 7 atom stereocenters. The van der Waals surface area contributed by atoms with E-state index in [0.717, 1.165) is 37.1 Å². The molecule has 3 amide bonds. The van der Waals surface area contributed by atoms with Gasteiger partial charge in [-0.15, -0.1) is 11.8 Å². The van der Waals surface area contributed by atoms with Crippen molar-refractivity contribution in [2.45, 2.75) is 22.6 Å². The molecule has 0 radical (unpaired) electrons. The van der Waals surface area contributed by atoms with E-state index >= 15 is 0 Å². The number of fused-ring (bicyclic) bond motifs is 10. The molecule has 1 aromatic heterocycles. The van der Waals surface area contributed by atoms with E-state index in [1.165, 1.54) is 16.2 Å². The molecule has 4 aliphatic rings. The van der Waals surface area contributed by atoms with Gasteiger partial charge in [0, 0.05) is 37.2 Å². The maximum Gasteiger partial charge on any atom is 0.305 e. The Bertz CT molecular complexity index is 2270. The summed E-state index contributed by atoms with van der Waals surface area (Å²) in [6, 6.07) is 26.4. The summed E-state index contributed by atoms with van der Waals surface area (Å²) in [5.74, 6) is -0.678. The molecule has 3 heterocycles. The maximum absolute atomic E-state index is 14.2. The number of benzene rings is 4. The van der Waals surface area contributed by atoms with Gasteiger partial charge in [-0.05, 0) is 78.1 Å². The van der Waals surface area contributed by atoms with E-state index in [-0.39, 0.29) is 58.1 Å². The molecule has 3 fully saturated rings. The second kappa shape index (κ2) is 12.1. The standard InChI is InChI=1S/C38H30BrN3O6S2/c1-47-21-12-10-20(11-13-21)42-36(44)31-24-16-25(32(31)37(42)45)33-30(24)29(34-35(49-33)41-38(46)50-34)23-15-19(39)9-14-27(23)48-17-28(43)40-26-8-4-6-18-5-2-3-7-22(18)26/h2-15,24-25,29-33H,16-17H2,1H3,(H,40,43)(H,41,46)/t24-,25-,29+,30-,31+,32+,33-/m1/s1. The van der Waals surface area contributed by atoms with Gasteiger partial charge in [-0.1, -0.05) is 63.7 Å². The summed E-state index contributed by atoms with van der Waals surface area (Å²) in [7, 11) is 1.58. The van der Waals surface area contributed by atoms with Gasteiger partial charge in [0.1, 0.15) is 11.5 Å². The summed E-state index contributed by atoms with van der Waals surface area (Å²) in [4.78, 5) is 59.5. The van der Waals surface area contributed by atoms with E-state index in [1.807, 2.05) is 60.7 Å². The largest absolute Gasteiger partial charge is 0.497 e. The summed E-state index contributed by atoms with van der Waals surface area (Å²) in [5.41, 5.74) is 2.10. The van der Waals surface area contributed by atoms with Crippen LogP contribution in [-0.2, 0) is 14.4 Å². The highest BCUT2D eigenvalue weighted by molar-refractivity contribution is 9.10. The second-order valence-corrected chi connectivity index (χ2v) is 16.3. The fraction of sp³-hybridized carbons (Fsp3) is 0.263. The van der Waals surface area contributed by atoms with E-state index in [4.69, 9.17) is 9.47 Å².